The summed E-state index contributed by atoms with van der Waals surface area (Å²) in [7, 11) is 1.83. The van der Waals surface area contributed by atoms with E-state index in [1.54, 1.807) is 27.7 Å². The van der Waals surface area contributed by atoms with Crippen LogP contribution in [-0.2, 0) is 19.4 Å². The number of hydrogen-bond donors (Lipinski definition) is 2. The number of anilines is 1. The molecule has 1 saturated carbocycles. The van der Waals surface area contributed by atoms with E-state index < -0.39 is 0 Å². The summed E-state index contributed by atoms with van der Waals surface area (Å²) in [6, 6.07) is 11.1. The molecule has 1 fully saturated rings. The first-order chi connectivity index (χ1) is 18.9. The van der Waals surface area contributed by atoms with Gasteiger partial charge in [-0.05, 0) is 83.9 Å². The van der Waals surface area contributed by atoms with Crippen molar-refractivity contribution in [2.75, 3.05) is 18.9 Å². The van der Waals surface area contributed by atoms with Crippen molar-refractivity contribution in [1.29, 1.82) is 0 Å². The highest BCUT2D eigenvalue weighted by atomic mass is 79.9. The number of aromatic nitrogens is 5. The number of rotatable bonds is 5. The van der Waals surface area contributed by atoms with Crippen LogP contribution in [0, 0.1) is 5.92 Å². The minimum absolute atomic E-state index is 0.0680. The Labute approximate surface area is 236 Å². The summed E-state index contributed by atoms with van der Waals surface area (Å²) in [5.74, 6) is 1.25. The van der Waals surface area contributed by atoms with Crippen LogP contribution in [0.25, 0.3) is 22.2 Å². The van der Waals surface area contributed by atoms with Crippen LogP contribution in [0.3, 0.4) is 0 Å². The molecule has 0 spiro atoms. The number of halogens is 2. The molecule has 1 aliphatic heterocycles. The first kappa shape index (κ1) is 24.4. The Kier molecular flexibility index (Phi) is 5.78. The summed E-state index contributed by atoms with van der Waals surface area (Å²) in [5.41, 5.74) is 5.29. The Morgan fingerprint density at radius 3 is 2.85 bits per heavy atom. The van der Waals surface area contributed by atoms with E-state index >= 15 is 0 Å². The third-order valence-electron chi connectivity index (χ3n) is 7.77. The van der Waals surface area contributed by atoms with E-state index in [4.69, 9.17) is 16.7 Å². The predicted octanol–water partition coefficient (Wildman–Crippen LogP) is 4.97. The van der Waals surface area contributed by atoms with Gasteiger partial charge in [0.25, 0.3) is 11.5 Å². The number of carbonyl (C=O) groups excluding carboxylic acids is 1. The summed E-state index contributed by atoms with van der Waals surface area (Å²) in [5, 5.41) is 16.7. The molecule has 198 valence electrons. The van der Waals surface area contributed by atoms with E-state index in [0.717, 1.165) is 50.2 Å². The van der Waals surface area contributed by atoms with Gasteiger partial charge in [-0.1, -0.05) is 11.6 Å². The molecule has 2 aliphatic rings. The first-order valence-corrected chi connectivity index (χ1v) is 14.1. The van der Waals surface area contributed by atoms with Gasteiger partial charge in [-0.25, -0.2) is 4.52 Å². The number of amides is 1. The zero-order valence-corrected chi connectivity index (χ0v) is 23.5. The van der Waals surface area contributed by atoms with Gasteiger partial charge in [-0.15, -0.1) is 0 Å². The quantitative estimate of drug-likeness (QED) is 0.294. The number of fused-ring (bicyclic) bond motifs is 4. The maximum Gasteiger partial charge on any atom is 0.261 e. The molecule has 1 aliphatic carbocycles. The summed E-state index contributed by atoms with van der Waals surface area (Å²) >= 11 is 9.65. The van der Waals surface area contributed by atoms with Gasteiger partial charge in [0.1, 0.15) is 5.65 Å². The van der Waals surface area contributed by atoms with E-state index in [-0.39, 0.29) is 11.5 Å². The number of nitrogens with one attached hydrogen (secondary N) is 2. The Morgan fingerprint density at radius 1 is 1.23 bits per heavy atom. The Balaban J connectivity index is 1.37. The molecule has 11 heteroatoms. The molecule has 2 aromatic carbocycles. The fourth-order valence-electron chi connectivity index (χ4n) is 5.55. The third-order valence-corrected chi connectivity index (χ3v) is 9.00. The van der Waals surface area contributed by atoms with Gasteiger partial charge in [0.15, 0.2) is 5.82 Å². The molecule has 2 N–H and O–H groups in total. The zero-order chi connectivity index (χ0) is 26.8. The average molecular weight is 607 g/mol. The maximum absolute atomic E-state index is 14.2. The van der Waals surface area contributed by atoms with Gasteiger partial charge in [-0.3, -0.25) is 19.3 Å². The monoisotopic (exact) mass is 605 g/mol. The van der Waals surface area contributed by atoms with Crippen molar-refractivity contribution in [3.05, 3.63) is 84.8 Å². The lowest BCUT2D eigenvalue weighted by Crippen LogP contribution is -2.41. The highest BCUT2D eigenvalue weighted by Gasteiger charge is 2.31. The highest BCUT2D eigenvalue weighted by molar-refractivity contribution is 9.10. The van der Waals surface area contributed by atoms with E-state index in [1.807, 2.05) is 36.0 Å². The lowest BCUT2D eigenvalue weighted by molar-refractivity contribution is 0.0729. The summed E-state index contributed by atoms with van der Waals surface area (Å²) in [6.45, 7) is 0.728. The van der Waals surface area contributed by atoms with Crippen molar-refractivity contribution < 1.29 is 4.79 Å². The Bertz CT molecular complexity index is 1850. The normalized spacial score (nSPS) is 15.2. The molecule has 1 amide bonds. The molecule has 0 saturated heterocycles. The van der Waals surface area contributed by atoms with Crippen molar-refractivity contribution in [3.63, 3.8) is 0 Å². The number of carbonyl (C=O) groups is 1. The first-order valence-electron chi connectivity index (χ1n) is 13.0. The molecule has 4 heterocycles. The standard InChI is InChI=1S/C28H25BrClN7O2/c1-31-25-19-6-5-18(12-23(19)33-34-25)36-26-17(10-15-2-3-15)13-32-37(26)24-14-35(9-8-20(24)28(36)39)27(38)16-4-7-21(29)22(30)11-16/h4-7,11-13,15H,2-3,8-10,14H2,1H3,(H2,31,33,34). The van der Waals surface area contributed by atoms with Gasteiger partial charge in [0.05, 0.1) is 34.7 Å². The number of H-pyrrole nitrogens is 1. The van der Waals surface area contributed by atoms with Gasteiger partial charge in [-0.2, -0.15) is 10.2 Å². The van der Waals surface area contributed by atoms with Crippen molar-refractivity contribution in [2.24, 2.45) is 5.92 Å². The van der Waals surface area contributed by atoms with Crippen LogP contribution in [0.15, 0.2) is 51.9 Å². The second-order valence-electron chi connectivity index (χ2n) is 10.3. The van der Waals surface area contributed by atoms with Crippen LogP contribution in [0.2, 0.25) is 5.02 Å². The minimum Gasteiger partial charge on any atom is -0.371 e. The topological polar surface area (TPSA) is 100 Å². The van der Waals surface area contributed by atoms with Crippen LogP contribution in [0.5, 0.6) is 0 Å². The molecule has 7 rings (SSSR count). The number of hydrogen-bond acceptors (Lipinski definition) is 5. The molecular formula is C28H25BrClN7O2. The summed E-state index contributed by atoms with van der Waals surface area (Å²) in [6.07, 6.45) is 5.58. The predicted molar refractivity (Wildman–Crippen MR) is 154 cm³/mol. The molecule has 0 radical (unpaired) electrons. The highest BCUT2D eigenvalue weighted by Crippen LogP contribution is 2.35. The molecular weight excluding hydrogens is 582 g/mol. The van der Waals surface area contributed by atoms with Crippen LogP contribution in [0.1, 0.15) is 40.0 Å². The van der Waals surface area contributed by atoms with Crippen molar-refractivity contribution in [2.45, 2.75) is 32.2 Å². The average Bonchev–Trinajstić information content (AvgIpc) is 3.53. The van der Waals surface area contributed by atoms with Crippen molar-refractivity contribution in [3.8, 4) is 5.69 Å². The Morgan fingerprint density at radius 2 is 2.08 bits per heavy atom. The lowest BCUT2D eigenvalue weighted by Gasteiger charge is -2.30. The second kappa shape index (κ2) is 9.24. The van der Waals surface area contributed by atoms with Crippen LogP contribution < -0.4 is 10.9 Å². The third kappa shape index (κ3) is 4.04. The van der Waals surface area contributed by atoms with Gasteiger partial charge in [0, 0.05) is 40.1 Å². The van der Waals surface area contributed by atoms with Gasteiger partial charge in [0.2, 0.25) is 0 Å². The van der Waals surface area contributed by atoms with Crippen LogP contribution in [-0.4, -0.2) is 48.8 Å². The van der Waals surface area contributed by atoms with E-state index in [1.165, 1.54) is 12.8 Å². The molecule has 0 atom stereocenters. The van der Waals surface area contributed by atoms with Crippen LogP contribution in [0.4, 0.5) is 5.82 Å². The van der Waals surface area contributed by atoms with Gasteiger partial charge >= 0.3 is 0 Å². The molecule has 9 nitrogen and oxygen atoms in total. The SMILES string of the molecule is CNc1n[nH]c2cc(-n3c(=O)c4c(n5ncc(CC6CC6)c35)CN(C(=O)c3ccc(Br)c(Cl)c3)CC4)ccc12. The minimum atomic E-state index is -0.122. The number of nitrogens with zero attached hydrogens (tertiary/aromatic N) is 5. The smallest absolute Gasteiger partial charge is 0.261 e. The Hall–Kier alpha value is -3.63. The second-order valence-corrected chi connectivity index (χ2v) is 11.5. The molecule has 3 aromatic heterocycles. The van der Waals surface area contributed by atoms with Crippen molar-refractivity contribution >= 4 is 55.8 Å². The molecule has 5 aromatic rings. The van der Waals surface area contributed by atoms with E-state index in [9.17, 15) is 9.59 Å². The fraction of sp³-hybridized carbons (Fsp3) is 0.286. The molecule has 39 heavy (non-hydrogen) atoms. The fourth-order valence-corrected chi connectivity index (χ4v) is 5.98. The number of benzene rings is 2. The van der Waals surface area contributed by atoms with Gasteiger partial charge < -0.3 is 10.2 Å². The number of aromatic amines is 1. The largest absolute Gasteiger partial charge is 0.371 e. The zero-order valence-electron chi connectivity index (χ0n) is 21.2. The molecule has 0 unspecified atom stereocenters. The molecule has 0 bridgehead atoms. The maximum atomic E-state index is 14.2. The summed E-state index contributed by atoms with van der Waals surface area (Å²) in [4.78, 5) is 29.3. The van der Waals surface area contributed by atoms with Crippen molar-refractivity contribution in [1.82, 2.24) is 29.3 Å². The van der Waals surface area contributed by atoms with Crippen LogP contribution >= 0.6 is 27.5 Å². The lowest BCUT2D eigenvalue weighted by atomic mass is 10.0. The summed E-state index contributed by atoms with van der Waals surface area (Å²) < 4.78 is 4.40. The van der Waals surface area contributed by atoms with E-state index in [0.29, 0.717) is 41.6 Å². The van der Waals surface area contributed by atoms with E-state index in [2.05, 4.69) is 31.4 Å².